The Morgan fingerprint density at radius 3 is 2.57 bits per heavy atom. The Balaban J connectivity index is 1.63. The lowest BCUT2D eigenvalue weighted by molar-refractivity contribution is -0.134. The van der Waals surface area contributed by atoms with Gasteiger partial charge >= 0.3 is 11.7 Å². The summed E-state index contributed by atoms with van der Waals surface area (Å²) in [5, 5.41) is 1.95. The number of nitrogens with zero attached hydrogens (tertiary/aromatic N) is 4. The molecule has 0 aliphatic carbocycles. The van der Waals surface area contributed by atoms with Crippen molar-refractivity contribution in [1.29, 1.82) is 0 Å². The Morgan fingerprint density at radius 2 is 1.79 bits per heavy atom. The molecular weight excluding hydrogens is 428 g/mol. The predicted molar refractivity (Wildman–Crippen MR) is 107 cm³/mol. The first-order valence-electron chi connectivity index (χ1n) is 8.36. The molecule has 0 atom stereocenters. The molecule has 2 aromatic heterocycles. The van der Waals surface area contributed by atoms with Crippen LogP contribution in [0.15, 0.2) is 56.8 Å². The second kappa shape index (κ2) is 6.75. The van der Waals surface area contributed by atoms with Gasteiger partial charge in [0.05, 0.1) is 6.33 Å². The molecule has 28 heavy (non-hydrogen) atoms. The number of hydrogen-bond donors (Lipinski definition) is 0. The molecule has 0 amide bonds. The van der Waals surface area contributed by atoms with Crippen molar-refractivity contribution >= 4 is 43.8 Å². The molecule has 9 heteroatoms. The van der Waals surface area contributed by atoms with Gasteiger partial charge in [-0.3, -0.25) is 13.9 Å². The van der Waals surface area contributed by atoms with Crippen molar-refractivity contribution in [3.8, 4) is 5.75 Å². The number of carbonyl (C=O) groups excluding carboxylic acids is 1. The van der Waals surface area contributed by atoms with Gasteiger partial charge in [0.25, 0.3) is 5.56 Å². The van der Waals surface area contributed by atoms with Crippen LogP contribution in [0, 0.1) is 0 Å². The minimum absolute atomic E-state index is 0.171. The summed E-state index contributed by atoms with van der Waals surface area (Å²) < 4.78 is 10.0. The molecule has 142 valence electrons. The van der Waals surface area contributed by atoms with Crippen LogP contribution in [-0.4, -0.2) is 24.7 Å². The number of halogens is 1. The van der Waals surface area contributed by atoms with Crippen LogP contribution in [0.3, 0.4) is 0 Å². The van der Waals surface area contributed by atoms with Crippen LogP contribution in [0.2, 0.25) is 0 Å². The molecule has 0 aliphatic heterocycles. The molecule has 0 aliphatic rings. The van der Waals surface area contributed by atoms with Gasteiger partial charge in [-0.1, -0.05) is 28.1 Å². The van der Waals surface area contributed by atoms with E-state index in [0.29, 0.717) is 5.75 Å². The fourth-order valence-corrected chi connectivity index (χ4v) is 3.46. The molecule has 0 saturated carbocycles. The van der Waals surface area contributed by atoms with Crippen molar-refractivity contribution in [2.45, 2.75) is 6.54 Å². The van der Waals surface area contributed by atoms with E-state index in [0.717, 1.165) is 19.8 Å². The molecule has 2 heterocycles. The molecule has 8 nitrogen and oxygen atoms in total. The molecular formula is C19H15BrN4O4. The first-order chi connectivity index (χ1) is 13.3. The van der Waals surface area contributed by atoms with E-state index in [4.69, 9.17) is 4.74 Å². The number of fused-ring (bicyclic) bond motifs is 2. The van der Waals surface area contributed by atoms with Crippen molar-refractivity contribution < 1.29 is 9.53 Å². The zero-order chi connectivity index (χ0) is 20.0. The van der Waals surface area contributed by atoms with E-state index in [1.807, 2.05) is 24.3 Å². The number of carbonyl (C=O) groups is 1. The third-order valence-electron chi connectivity index (χ3n) is 4.52. The zero-order valence-corrected chi connectivity index (χ0v) is 16.6. The van der Waals surface area contributed by atoms with Gasteiger partial charge in [0.15, 0.2) is 11.2 Å². The summed E-state index contributed by atoms with van der Waals surface area (Å²) in [5.41, 5.74) is -0.602. The van der Waals surface area contributed by atoms with Gasteiger partial charge in [-0.2, -0.15) is 0 Å². The zero-order valence-electron chi connectivity index (χ0n) is 15.0. The van der Waals surface area contributed by atoms with Crippen LogP contribution < -0.4 is 16.0 Å². The van der Waals surface area contributed by atoms with Gasteiger partial charge < -0.3 is 9.30 Å². The second-order valence-corrected chi connectivity index (χ2v) is 7.29. The Morgan fingerprint density at radius 1 is 1.07 bits per heavy atom. The Kier molecular flexibility index (Phi) is 4.38. The maximum absolute atomic E-state index is 12.4. The number of hydrogen-bond acceptors (Lipinski definition) is 5. The third kappa shape index (κ3) is 3.03. The first-order valence-corrected chi connectivity index (χ1v) is 9.15. The summed E-state index contributed by atoms with van der Waals surface area (Å²) in [4.78, 5) is 40.9. The highest BCUT2D eigenvalue weighted by Gasteiger charge is 2.16. The summed E-state index contributed by atoms with van der Waals surface area (Å²) >= 11 is 3.42. The fourth-order valence-electron chi connectivity index (χ4n) is 3.08. The highest BCUT2D eigenvalue weighted by Crippen LogP contribution is 2.24. The molecule has 0 radical (unpaired) electrons. The second-order valence-electron chi connectivity index (χ2n) is 6.38. The predicted octanol–water partition coefficient (Wildman–Crippen LogP) is 1.95. The van der Waals surface area contributed by atoms with Crippen molar-refractivity contribution in [1.82, 2.24) is 18.7 Å². The van der Waals surface area contributed by atoms with Crippen molar-refractivity contribution in [2.75, 3.05) is 0 Å². The van der Waals surface area contributed by atoms with E-state index >= 15 is 0 Å². The molecule has 0 spiro atoms. The molecule has 0 N–H and O–H groups in total. The van der Waals surface area contributed by atoms with Gasteiger partial charge in [-0.05, 0) is 35.0 Å². The fraction of sp³-hybridized carbons (Fsp3) is 0.158. The summed E-state index contributed by atoms with van der Waals surface area (Å²) in [7, 11) is 2.90. The van der Waals surface area contributed by atoms with E-state index in [1.165, 1.54) is 29.6 Å². The van der Waals surface area contributed by atoms with Gasteiger partial charge in [0.1, 0.15) is 12.3 Å². The quantitative estimate of drug-likeness (QED) is 0.357. The van der Waals surface area contributed by atoms with Crippen LogP contribution in [0.5, 0.6) is 5.75 Å². The van der Waals surface area contributed by atoms with E-state index in [1.54, 1.807) is 12.1 Å². The Hall–Kier alpha value is -3.20. The van der Waals surface area contributed by atoms with Gasteiger partial charge in [0.2, 0.25) is 0 Å². The molecule has 4 rings (SSSR count). The number of ether oxygens (including phenoxy) is 1. The number of benzene rings is 2. The molecule has 2 aromatic carbocycles. The van der Waals surface area contributed by atoms with E-state index in [9.17, 15) is 14.4 Å². The van der Waals surface area contributed by atoms with E-state index in [-0.39, 0.29) is 17.7 Å². The lowest BCUT2D eigenvalue weighted by atomic mass is 10.1. The number of esters is 1. The van der Waals surface area contributed by atoms with Crippen molar-refractivity contribution in [3.63, 3.8) is 0 Å². The van der Waals surface area contributed by atoms with Crippen LogP contribution in [0.4, 0.5) is 0 Å². The van der Waals surface area contributed by atoms with Gasteiger partial charge in [-0.25, -0.2) is 14.6 Å². The molecule has 0 bridgehead atoms. The summed E-state index contributed by atoms with van der Waals surface area (Å²) in [6.07, 6.45) is 1.35. The summed E-state index contributed by atoms with van der Waals surface area (Å²) in [5.74, 6) is -0.142. The Labute approximate surface area is 166 Å². The standard InChI is InChI=1S/C19H15BrN4O4/c1-22-17-16(18(26)23(2)19(22)27)24(10-21-17)9-15(25)28-14-6-4-11-7-13(20)5-3-12(11)8-14/h3-8,10H,9H2,1-2H3. The lowest BCUT2D eigenvalue weighted by Crippen LogP contribution is -2.37. The van der Waals surface area contributed by atoms with Crippen LogP contribution in [0.1, 0.15) is 0 Å². The van der Waals surface area contributed by atoms with E-state index in [2.05, 4.69) is 20.9 Å². The smallest absolute Gasteiger partial charge is 0.332 e. The average molecular weight is 443 g/mol. The molecule has 4 aromatic rings. The maximum Gasteiger partial charge on any atom is 0.332 e. The molecule has 0 saturated heterocycles. The van der Waals surface area contributed by atoms with Gasteiger partial charge in [0, 0.05) is 18.6 Å². The van der Waals surface area contributed by atoms with Crippen LogP contribution >= 0.6 is 15.9 Å². The molecule has 0 unspecified atom stereocenters. The summed E-state index contributed by atoms with van der Waals surface area (Å²) in [6, 6.07) is 11.1. The van der Waals surface area contributed by atoms with Crippen LogP contribution in [0.25, 0.3) is 21.9 Å². The summed E-state index contributed by atoms with van der Waals surface area (Å²) in [6.45, 7) is -0.206. The minimum atomic E-state index is -0.549. The third-order valence-corrected chi connectivity index (χ3v) is 5.02. The topological polar surface area (TPSA) is 88.1 Å². The number of imidazole rings is 1. The average Bonchev–Trinajstić information content (AvgIpc) is 3.08. The Bertz CT molecular complexity index is 1370. The number of aryl methyl sites for hydroxylation is 1. The maximum atomic E-state index is 12.4. The van der Waals surface area contributed by atoms with E-state index < -0.39 is 17.2 Å². The normalized spacial score (nSPS) is 11.2. The minimum Gasteiger partial charge on any atom is -0.425 e. The van der Waals surface area contributed by atoms with Gasteiger partial charge in [-0.15, -0.1) is 0 Å². The monoisotopic (exact) mass is 442 g/mol. The first kappa shape index (κ1) is 18.2. The SMILES string of the molecule is Cn1c(=O)c2c(ncn2CC(=O)Oc2ccc3cc(Br)ccc3c2)n(C)c1=O. The lowest BCUT2D eigenvalue weighted by Gasteiger charge is -2.08. The van der Waals surface area contributed by atoms with Crippen LogP contribution in [-0.2, 0) is 25.4 Å². The molecule has 0 fully saturated rings. The van der Waals surface area contributed by atoms with Crippen molar-refractivity contribution in [3.05, 3.63) is 68.0 Å². The number of aromatic nitrogens is 4. The highest BCUT2D eigenvalue weighted by molar-refractivity contribution is 9.10. The largest absolute Gasteiger partial charge is 0.425 e. The highest BCUT2D eigenvalue weighted by atomic mass is 79.9. The van der Waals surface area contributed by atoms with Crippen molar-refractivity contribution in [2.24, 2.45) is 14.1 Å². The number of rotatable bonds is 3.